The summed E-state index contributed by atoms with van der Waals surface area (Å²) in [7, 11) is -9.61. The molecule has 15 heavy (non-hydrogen) atoms. The van der Waals surface area contributed by atoms with E-state index in [0.29, 0.717) is 0 Å². The fourth-order valence-corrected chi connectivity index (χ4v) is 3.13. The van der Waals surface area contributed by atoms with Gasteiger partial charge in [0.15, 0.2) is 0 Å². The minimum absolute atomic E-state index is 1.14. The molecule has 0 aliphatic carbocycles. The van der Waals surface area contributed by atoms with Gasteiger partial charge in [-0.25, -0.2) is 9.13 Å². The highest BCUT2D eigenvalue weighted by Crippen LogP contribution is 2.51. The van der Waals surface area contributed by atoms with Crippen LogP contribution in [0.2, 0.25) is 0 Å². The molecule has 1 unspecified atom stereocenters. The molecule has 0 heterocycles. The van der Waals surface area contributed by atoms with Gasteiger partial charge in [-0.3, -0.25) is 9.05 Å². The lowest BCUT2D eigenvalue weighted by Crippen LogP contribution is -2.31. The van der Waals surface area contributed by atoms with Crippen molar-refractivity contribution in [2.24, 2.45) is 0 Å². The van der Waals surface area contributed by atoms with Crippen molar-refractivity contribution < 1.29 is 37.8 Å². The predicted octanol–water partition coefficient (Wildman–Crippen LogP) is 1.04. The molecule has 0 rings (SSSR count). The van der Waals surface area contributed by atoms with Crippen LogP contribution in [0.25, 0.3) is 0 Å². The van der Waals surface area contributed by atoms with E-state index in [2.05, 4.69) is 40.9 Å². The van der Waals surface area contributed by atoms with Crippen molar-refractivity contribution in [3.63, 3.8) is 0 Å². The monoisotopic (exact) mass is 392 g/mol. The summed E-state index contributed by atoms with van der Waals surface area (Å²) in [6.07, 6.45) is -1.36. The van der Waals surface area contributed by atoms with Crippen LogP contribution in [0.1, 0.15) is 6.92 Å². The lowest BCUT2D eigenvalue weighted by atomic mass is 10.4. The third-order valence-electron chi connectivity index (χ3n) is 1.01. The van der Waals surface area contributed by atoms with Crippen LogP contribution in [0.3, 0.4) is 0 Å². The molecular weight excluding hydrogens is 386 g/mol. The summed E-state index contributed by atoms with van der Waals surface area (Å²) < 4.78 is 27.3. The first-order chi connectivity index (χ1) is 6.33. The molecule has 0 aliphatic heterocycles. The van der Waals surface area contributed by atoms with Gasteiger partial charge in [0, 0.05) is 0 Å². The van der Waals surface area contributed by atoms with Crippen LogP contribution < -0.4 is 0 Å². The zero-order valence-electron chi connectivity index (χ0n) is 7.15. The molecule has 0 amide bonds. The molecule has 12 heteroatoms. The lowest BCUT2D eigenvalue weighted by Gasteiger charge is -2.27. The van der Waals surface area contributed by atoms with E-state index in [1.165, 1.54) is 0 Å². The van der Waals surface area contributed by atoms with E-state index < -0.39 is 25.2 Å². The maximum atomic E-state index is 10.5. The van der Waals surface area contributed by atoms with Crippen molar-refractivity contribution in [2.75, 3.05) is 0 Å². The first kappa shape index (κ1) is 16.2. The number of phosphoric ester groups is 2. The second kappa shape index (κ2) is 5.22. The van der Waals surface area contributed by atoms with Crippen LogP contribution in [0.5, 0.6) is 0 Å². The van der Waals surface area contributed by atoms with Gasteiger partial charge >= 0.3 is 15.6 Å². The van der Waals surface area contributed by atoms with E-state index in [0.717, 1.165) is 6.92 Å². The Kier molecular flexibility index (Phi) is 5.63. The highest BCUT2D eigenvalue weighted by atomic mass is 79.9. The summed E-state index contributed by atoms with van der Waals surface area (Å²) in [6, 6.07) is 0. The van der Waals surface area contributed by atoms with Gasteiger partial charge in [-0.2, -0.15) is 0 Å². The van der Waals surface area contributed by atoms with Crippen molar-refractivity contribution in [1.82, 2.24) is 0 Å². The average Bonchev–Trinajstić information content (AvgIpc) is 1.75. The van der Waals surface area contributed by atoms with Gasteiger partial charge in [0.2, 0.25) is 3.42 Å². The maximum Gasteiger partial charge on any atom is 0.471 e. The standard InChI is InChI=1S/C3H8Br2O8P2/c1-2(12-14(6,7)8)3(4,5)13-15(9,10)11/h2H,1H3,(H2,6,7,8)(H2,9,10,11). The Balaban J connectivity index is 4.60. The van der Waals surface area contributed by atoms with E-state index in [1.54, 1.807) is 0 Å². The minimum atomic E-state index is -4.83. The third-order valence-corrected chi connectivity index (χ3v) is 4.24. The van der Waals surface area contributed by atoms with E-state index in [1.807, 2.05) is 0 Å². The van der Waals surface area contributed by atoms with Crippen LogP contribution in [0.4, 0.5) is 0 Å². The summed E-state index contributed by atoms with van der Waals surface area (Å²) in [5.74, 6) is 0. The van der Waals surface area contributed by atoms with E-state index >= 15 is 0 Å². The quantitative estimate of drug-likeness (QED) is 0.402. The van der Waals surface area contributed by atoms with Gasteiger partial charge in [-0.15, -0.1) is 0 Å². The zero-order chi connectivity index (χ0) is 12.5. The third kappa shape index (κ3) is 7.98. The van der Waals surface area contributed by atoms with Crippen molar-refractivity contribution in [3.05, 3.63) is 0 Å². The number of hydrogen-bond acceptors (Lipinski definition) is 4. The second-order valence-corrected chi connectivity index (χ2v) is 8.16. The van der Waals surface area contributed by atoms with Crippen molar-refractivity contribution in [1.29, 1.82) is 0 Å². The lowest BCUT2D eigenvalue weighted by molar-refractivity contribution is 0.0576. The van der Waals surface area contributed by atoms with E-state index in [4.69, 9.17) is 19.6 Å². The highest BCUT2D eigenvalue weighted by molar-refractivity contribution is 9.25. The molecule has 0 aliphatic rings. The molecule has 0 aromatic heterocycles. The van der Waals surface area contributed by atoms with Gasteiger partial charge in [0.1, 0.15) is 6.10 Å². The normalized spacial score (nSPS) is 16.5. The fourth-order valence-electron chi connectivity index (χ4n) is 0.500. The molecule has 92 valence electrons. The van der Waals surface area contributed by atoms with Crippen molar-refractivity contribution >= 4 is 47.5 Å². The number of phosphoric acid groups is 2. The number of halogens is 2. The van der Waals surface area contributed by atoms with Crippen LogP contribution in [-0.4, -0.2) is 29.1 Å². The summed E-state index contributed by atoms with van der Waals surface area (Å²) >= 11 is 5.34. The molecule has 0 aromatic rings. The molecule has 0 aromatic carbocycles. The summed E-state index contributed by atoms with van der Waals surface area (Å²) in [6.45, 7) is 1.14. The maximum absolute atomic E-state index is 10.5. The predicted molar refractivity (Wildman–Crippen MR) is 56.3 cm³/mol. The minimum Gasteiger partial charge on any atom is -0.303 e. The first-order valence-corrected chi connectivity index (χ1v) is 7.86. The van der Waals surface area contributed by atoms with Crippen molar-refractivity contribution in [3.8, 4) is 0 Å². The van der Waals surface area contributed by atoms with Crippen LogP contribution >= 0.6 is 47.5 Å². The second-order valence-electron chi connectivity index (χ2n) is 2.38. The smallest absolute Gasteiger partial charge is 0.303 e. The SMILES string of the molecule is CC(OP(=O)(O)O)C(Br)(Br)OP(=O)(O)O. The van der Waals surface area contributed by atoms with Gasteiger partial charge in [0.05, 0.1) is 0 Å². The topological polar surface area (TPSA) is 134 Å². The van der Waals surface area contributed by atoms with Gasteiger partial charge < -0.3 is 19.6 Å². The molecule has 0 bridgehead atoms. The Morgan fingerprint density at radius 1 is 1.13 bits per heavy atom. The van der Waals surface area contributed by atoms with E-state index in [-0.39, 0.29) is 0 Å². The molecule has 0 saturated heterocycles. The summed E-state index contributed by atoms with van der Waals surface area (Å²) in [5.41, 5.74) is 0. The Morgan fingerprint density at radius 2 is 1.53 bits per heavy atom. The van der Waals surface area contributed by atoms with Crippen LogP contribution in [-0.2, 0) is 18.2 Å². The number of rotatable bonds is 5. The molecule has 4 N–H and O–H groups in total. The molecule has 0 spiro atoms. The van der Waals surface area contributed by atoms with Crippen LogP contribution in [0, 0.1) is 0 Å². The van der Waals surface area contributed by atoms with Gasteiger partial charge in [0.25, 0.3) is 0 Å². The van der Waals surface area contributed by atoms with Crippen molar-refractivity contribution in [2.45, 2.75) is 16.4 Å². The highest BCUT2D eigenvalue weighted by Gasteiger charge is 2.41. The van der Waals surface area contributed by atoms with E-state index in [9.17, 15) is 9.13 Å². The average molecular weight is 394 g/mol. The molecule has 0 saturated carbocycles. The first-order valence-electron chi connectivity index (χ1n) is 3.21. The number of alkyl halides is 2. The fraction of sp³-hybridized carbons (Fsp3) is 1.00. The molecule has 0 radical (unpaired) electrons. The Hall–Kier alpha value is 1.18. The molecule has 8 nitrogen and oxygen atoms in total. The summed E-state index contributed by atoms with van der Waals surface area (Å²) in [4.78, 5) is 33.9. The number of hydrogen-bond donors (Lipinski definition) is 4. The Bertz CT molecular complexity index is 305. The van der Waals surface area contributed by atoms with Crippen LogP contribution in [0.15, 0.2) is 0 Å². The molecule has 0 fully saturated rings. The summed E-state index contributed by atoms with van der Waals surface area (Å²) in [5, 5.41) is 0. The Labute approximate surface area is 102 Å². The molecular formula is C3H8Br2O8P2. The largest absolute Gasteiger partial charge is 0.471 e. The van der Waals surface area contributed by atoms with Gasteiger partial charge in [-0.1, -0.05) is 0 Å². The molecule has 1 atom stereocenters. The van der Waals surface area contributed by atoms with Gasteiger partial charge in [-0.05, 0) is 38.8 Å². The zero-order valence-corrected chi connectivity index (χ0v) is 12.1. The Morgan fingerprint density at radius 3 is 1.80 bits per heavy atom.